The van der Waals surface area contributed by atoms with Crippen LogP contribution in [0.5, 0.6) is 0 Å². The summed E-state index contributed by atoms with van der Waals surface area (Å²) in [5.41, 5.74) is 1.46. The number of aromatic nitrogens is 2. The quantitative estimate of drug-likeness (QED) is 0.613. The maximum atomic E-state index is 11.5. The van der Waals surface area contributed by atoms with Crippen LogP contribution in [0.25, 0.3) is 10.9 Å². The van der Waals surface area contributed by atoms with Crippen molar-refractivity contribution in [2.24, 2.45) is 0 Å². The van der Waals surface area contributed by atoms with Gasteiger partial charge in [-0.05, 0) is 41.4 Å². The molecule has 1 aromatic carbocycles. The average molecular weight is 346 g/mol. The molecule has 0 spiro atoms. The molecule has 102 valence electrons. The molecule has 0 saturated carbocycles. The molecule has 0 fully saturated rings. The summed E-state index contributed by atoms with van der Waals surface area (Å²) in [7, 11) is 1.67. The maximum absolute atomic E-state index is 11.5. The molecule has 0 radical (unpaired) electrons. The number of carbonyl (C=O) groups is 1. The number of carbonyl (C=O) groups excluding carboxylic acids is 1. The van der Waals surface area contributed by atoms with Crippen molar-refractivity contribution in [3.63, 3.8) is 0 Å². The van der Waals surface area contributed by atoms with Gasteiger partial charge in [0.1, 0.15) is 4.60 Å². The molecule has 0 atom stereocenters. The van der Waals surface area contributed by atoms with Gasteiger partial charge in [0.05, 0.1) is 15.9 Å². The third-order valence-electron chi connectivity index (χ3n) is 2.89. The highest BCUT2D eigenvalue weighted by Gasteiger charge is 2.14. The van der Waals surface area contributed by atoms with Crippen LogP contribution in [0.1, 0.15) is 23.7 Å². The van der Waals surface area contributed by atoms with Crippen molar-refractivity contribution in [2.45, 2.75) is 19.9 Å². The van der Waals surface area contributed by atoms with Crippen LogP contribution in [0, 0.1) is 0 Å². The van der Waals surface area contributed by atoms with Gasteiger partial charge in [0.25, 0.3) is 0 Å². The fourth-order valence-electron chi connectivity index (χ4n) is 1.94. The van der Waals surface area contributed by atoms with Gasteiger partial charge >= 0.3 is 0 Å². The van der Waals surface area contributed by atoms with Crippen molar-refractivity contribution in [2.75, 3.05) is 13.7 Å². The van der Waals surface area contributed by atoms with Crippen molar-refractivity contribution < 1.29 is 9.53 Å². The van der Waals surface area contributed by atoms with Gasteiger partial charge in [0.15, 0.2) is 5.78 Å². The van der Waals surface area contributed by atoms with Crippen LogP contribution < -0.4 is 0 Å². The van der Waals surface area contributed by atoms with E-state index in [4.69, 9.17) is 16.3 Å². The van der Waals surface area contributed by atoms with Crippen LogP contribution in [0.15, 0.2) is 16.7 Å². The number of fused-ring (bicyclic) bond motifs is 1. The summed E-state index contributed by atoms with van der Waals surface area (Å²) in [6.07, 6.45) is 0.849. The first-order valence-electron chi connectivity index (χ1n) is 5.90. The molecule has 2 rings (SSSR count). The minimum Gasteiger partial charge on any atom is -0.385 e. The zero-order valence-electron chi connectivity index (χ0n) is 10.7. The number of ether oxygens (including phenoxy) is 1. The number of nitrogens with zero attached hydrogens (tertiary/aromatic N) is 2. The molecular weight excluding hydrogens is 332 g/mol. The summed E-state index contributed by atoms with van der Waals surface area (Å²) in [5, 5.41) is 5.78. The zero-order chi connectivity index (χ0) is 14.0. The lowest BCUT2D eigenvalue weighted by Gasteiger charge is -2.05. The molecule has 0 aliphatic carbocycles. The van der Waals surface area contributed by atoms with Crippen molar-refractivity contribution in [1.29, 1.82) is 0 Å². The number of benzene rings is 1. The van der Waals surface area contributed by atoms with Crippen LogP contribution >= 0.6 is 27.5 Å². The largest absolute Gasteiger partial charge is 0.385 e. The number of methoxy groups -OCH3 is 1. The number of hydrogen-bond donors (Lipinski definition) is 0. The Morgan fingerprint density at radius 1 is 1.53 bits per heavy atom. The minimum absolute atomic E-state index is 0.00966. The molecule has 0 amide bonds. The number of Topliss-reactive ketones (excluding diaryl/α,β-unsaturated/α-hetero) is 1. The molecule has 19 heavy (non-hydrogen) atoms. The first-order valence-corrected chi connectivity index (χ1v) is 7.07. The van der Waals surface area contributed by atoms with Gasteiger partial charge in [-0.1, -0.05) is 11.6 Å². The highest BCUT2D eigenvalue weighted by Crippen LogP contribution is 2.32. The van der Waals surface area contributed by atoms with Gasteiger partial charge < -0.3 is 4.74 Å². The first-order chi connectivity index (χ1) is 9.04. The third-order valence-corrected chi connectivity index (χ3v) is 3.74. The van der Waals surface area contributed by atoms with E-state index in [1.807, 2.05) is 10.7 Å². The Balaban J connectivity index is 2.50. The van der Waals surface area contributed by atoms with Crippen molar-refractivity contribution in [3.8, 4) is 0 Å². The third kappa shape index (κ3) is 2.99. The van der Waals surface area contributed by atoms with E-state index in [0.29, 0.717) is 28.3 Å². The molecule has 6 heteroatoms. The van der Waals surface area contributed by atoms with Crippen LogP contribution in [-0.4, -0.2) is 29.3 Å². The smallest absolute Gasteiger partial charge is 0.159 e. The van der Waals surface area contributed by atoms with E-state index in [-0.39, 0.29) is 5.78 Å². The Morgan fingerprint density at radius 3 is 2.89 bits per heavy atom. The second-order valence-corrected chi connectivity index (χ2v) is 5.43. The van der Waals surface area contributed by atoms with Crippen LogP contribution in [0.2, 0.25) is 5.02 Å². The molecule has 0 N–H and O–H groups in total. The van der Waals surface area contributed by atoms with Gasteiger partial charge in [-0.25, -0.2) is 0 Å². The molecule has 0 aliphatic heterocycles. The monoisotopic (exact) mass is 344 g/mol. The van der Waals surface area contributed by atoms with E-state index >= 15 is 0 Å². The molecule has 4 nitrogen and oxygen atoms in total. The van der Waals surface area contributed by atoms with Crippen LogP contribution in [0.4, 0.5) is 0 Å². The standard InChI is InChI=1S/C13H14BrClN2O2/c1-8(18)9-6-10(15)12-11(7-9)17(16-13(12)14)4-3-5-19-2/h6-7H,3-5H2,1-2H3. The highest BCUT2D eigenvalue weighted by molar-refractivity contribution is 9.10. The zero-order valence-corrected chi connectivity index (χ0v) is 13.1. The molecule has 1 heterocycles. The first kappa shape index (κ1) is 14.5. The normalized spacial score (nSPS) is 11.2. The van der Waals surface area contributed by atoms with Gasteiger partial charge in [0.2, 0.25) is 0 Å². The van der Waals surface area contributed by atoms with E-state index in [2.05, 4.69) is 21.0 Å². The average Bonchev–Trinajstić information content (AvgIpc) is 2.67. The number of halogens is 2. The summed E-state index contributed by atoms with van der Waals surface area (Å²) in [5.74, 6) is -0.00966. The topological polar surface area (TPSA) is 44.1 Å². The fourth-order valence-corrected chi connectivity index (χ4v) is 2.97. The van der Waals surface area contributed by atoms with Gasteiger partial charge in [-0.3, -0.25) is 9.48 Å². The van der Waals surface area contributed by atoms with E-state index in [1.54, 1.807) is 13.2 Å². The number of rotatable bonds is 5. The predicted molar refractivity (Wildman–Crippen MR) is 78.9 cm³/mol. The molecule has 2 aromatic rings. The predicted octanol–water partition coefficient (Wildman–Crippen LogP) is 3.69. The summed E-state index contributed by atoms with van der Waals surface area (Å²) in [6.45, 7) is 2.91. The SMILES string of the molecule is COCCCn1nc(Br)c2c(Cl)cc(C(C)=O)cc21. The fraction of sp³-hybridized carbons (Fsp3) is 0.385. The van der Waals surface area contributed by atoms with Gasteiger partial charge in [-0.15, -0.1) is 0 Å². The summed E-state index contributed by atoms with van der Waals surface area (Å²) in [4.78, 5) is 11.5. The highest BCUT2D eigenvalue weighted by atomic mass is 79.9. The Morgan fingerprint density at radius 2 is 2.26 bits per heavy atom. The molecule has 0 aliphatic rings. The molecule has 1 aromatic heterocycles. The Bertz CT molecular complexity index is 625. The summed E-state index contributed by atoms with van der Waals surface area (Å²) < 4.78 is 7.57. The lowest BCUT2D eigenvalue weighted by molar-refractivity contribution is 0.101. The number of hydrogen-bond acceptors (Lipinski definition) is 3. The molecule has 0 bridgehead atoms. The number of ketones is 1. The van der Waals surface area contributed by atoms with Crippen LogP contribution in [-0.2, 0) is 11.3 Å². The van der Waals surface area contributed by atoms with Crippen LogP contribution in [0.3, 0.4) is 0 Å². The Labute approximate surface area is 124 Å². The molecule has 0 unspecified atom stereocenters. The molecular formula is C13H14BrClN2O2. The van der Waals surface area contributed by atoms with E-state index in [1.165, 1.54) is 6.92 Å². The lowest BCUT2D eigenvalue weighted by Crippen LogP contribution is -2.03. The van der Waals surface area contributed by atoms with E-state index in [0.717, 1.165) is 17.3 Å². The van der Waals surface area contributed by atoms with Gasteiger partial charge in [-0.2, -0.15) is 5.10 Å². The van der Waals surface area contributed by atoms with Gasteiger partial charge in [0, 0.05) is 25.8 Å². The Kier molecular flexibility index (Phi) is 4.60. The summed E-state index contributed by atoms with van der Waals surface area (Å²) in [6, 6.07) is 3.51. The Hall–Kier alpha value is -0.910. The van der Waals surface area contributed by atoms with Crippen molar-refractivity contribution in [3.05, 3.63) is 27.3 Å². The summed E-state index contributed by atoms with van der Waals surface area (Å²) >= 11 is 9.63. The second-order valence-electron chi connectivity index (χ2n) is 4.27. The maximum Gasteiger partial charge on any atom is 0.159 e. The van der Waals surface area contributed by atoms with Crippen molar-refractivity contribution in [1.82, 2.24) is 9.78 Å². The minimum atomic E-state index is -0.00966. The van der Waals surface area contributed by atoms with E-state index in [9.17, 15) is 4.79 Å². The lowest BCUT2D eigenvalue weighted by atomic mass is 10.1. The number of aryl methyl sites for hydroxylation is 1. The molecule has 0 saturated heterocycles. The van der Waals surface area contributed by atoms with Crippen molar-refractivity contribution >= 4 is 44.2 Å². The van der Waals surface area contributed by atoms with E-state index < -0.39 is 0 Å². The second kappa shape index (κ2) is 6.03.